The summed E-state index contributed by atoms with van der Waals surface area (Å²) < 4.78 is 20.1. The van der Waals surface area contributed by atoms with Crippen LogP contribution in [0.2, 0.25) is 5.02 Å². The molecule has 1 aromatic heterocycles. The van der Waals surface area contributed by atoms with E-state index in [9.17, 15) is 4.79 Å². The number of fused-ring (bicyclic) bond motifs is 1. The maximum Gasteiger partial charge on any atom is 0.207 e. The first-order valence-electron chi connectivity index (χ1n) is 9.64. The fourth-order valence-corrected chi connectivity index (χ4v) is 4.70. The number of carbonyl (C=O) groups is 1. The van der Waals surface area contributed by atoms with E-state index in [1.807, 2.05) is 11.8 Å². The van der Waals surface area contributed by atoms with Crippen molar-refractivity contribution in [1.29, 1.82) is 5.41 Å². The van der Waals surface area contributed by atoms with Gasteiger partial charge in [0, 0.05) is 48.0 Å². The summed E-state index contributed by atoms with van der Waals surface area (Å²) in [5.41, 5.74) is 8.48. The first-order valence-corrected chi connectivity index (χ1v) is 10.8. The Morgan fingerprint density at radius 3 is 2.84 bits per heavy atom. The molecule has 0 unspecified atom stereocenters. The van der Waals surface area contributed by atoms with Crippen LogP contribution in [0.5, 0.6) is 0 Å². The van der Waals surface area contributed by atoms with E-state index in [1.165, 1.54) is 11.5 Å². The smallest absolute Gasteiger partial charge is 0.207 e. The topological polar surface area (TPSA) is 95.1 Å². The highest BCUT2D eigenvalue weighted by Gasteiger charge is 2.24. The minimum absolute atomic E-state index is 0.189. The third-order valence-corrected chi connectivity index (χ3v) is 6.25. The molecule has 1 amide bonds. The number of anilines is 2. The van der Waals surface area contributed by atoms with E-state index in [1.54, 1.807) is 24.3 Å². The lowest BCUT2D eigenvalue weighted by molar-refractivity contribution is -0.109. The van der Waals surface area contributed by atoms with Gasteiger partial charge in [0.15, 0.2) is 5.82 Å². The summed E-state index contributed by atoms with van der Waals surface area (Å²) in [4.78, 5) is 12.6. The monoisotopic (exact) mass is 459 g/mol. The van der Waals surface area contributed by atoms with E-state index in [0.717, 1.165) is 23.2 Å². The molecule has 0 aliphatic carbocycles. The highest BCUT2D eigenvalue weighted by atomic mass is 35.5. The van der Waals surface area contributed by atoms with Crippen LogP contribution in [0.25, 0.3) is 22.0 Å². The third kappa shape index (κ3) is 4.40. The van der Waals surface area contributed by atoms with Gasteiger partial charge in [-0.2, -0.15) is 4.37 Å². The number of nitrogens with zero attached hydrogens (tertiary/aromatic N) is 2. The summed E-state index contributed by atoms with van der Waals surface area (Å²) in [7, 11) is 0. The van der Waals surface area contributed by atoms with Crippen molar-refractivity contribution in [3.8, 4) is 11.1 Å². The van der Waals surface area contributed by atoms with Gasteiger partial charge in [-0.25, -0.2) is 4.39 Å². The molecule has 0 fully saturated rings. The highest BCUT2D eigenvalue weighted by Crippen LogP contribution is 2.43. The van der Waals surface area contributed by atoms with E-state index in [-0.39, 0.29) is 16.1 Å². The predicted octanol–water partition coefficient (Wildman–Crippen LogP) is 4.77. The first-order chi connectivity index (χ1) is 14.9. The van der Waals surface area contributed by atoms with Gasteiger partial charge in [0.05, 0.1) is 5.02 Å². The Hall–Kier alpha value is -2.97. The standard InChI is InChI=1S/C22H23ClFN5OS/c1-3-4-8-29(9-7-27-12-30)22-14-10-16(23)19(20(24)21(14)28-31-22)18-13(2)5-6-17(26)15(18)11-25/h3,5-6,10-12,25H,1,4,7-9,26H2,2H3,(H,27,30). The summed E-state index contributed by atoms with van der Waals surface area (Å²) in [6.07, 6.45) is 4.28. The normalized spacial score (nSPS) is 10.8. The number of aromatic nitrogens is 1. The molecule has 9 heteroatoms. The van der Waals surface area contributed by atoms with Crippen LogP contribution in [0.15, 0.2) is 30.9 Å². The van der Waals surface area contributed by atoms with Gasteiger partial charge in [-0.3, -0.25) is 4.79 Å². The molecule has 0 aliphatic heterocycles. The number of aryl methyl sites for hydroxylation is 1. The molecular formula is C22H23ClFN5OS. The number of benzene rings is 2. The SMILES string of the molecule is C=CCCN(CCNC=O)c1snc2c(F)c(-c3c(C)ccc(N)c3C=N)c(Cl)cc12. The molecule has 0 bridgehead atoms. The van der Waals surface area contributed by atoms with Crippen LogP contribution < -0.4 is 16.0 Å². The van der Waals surface area contributed by atoms with Crippen molar-refractivity contribution >= 4 is 57.3 Å². The van der Waals surface area contributed by atoms with Gasteiger partial charge in [0.25, 0.3) is 0 Å². The highest BCUT2D eigenvalue weighted by molar-refractivity contribution is 7.11. The van der Waals surface area contributed by atoms with Crippen LogP contribution >= 0.6 is 23.1 Å². The molecule has 2 aromatic carbocycles. The number of rotatable bonds is 10. The molecule has 0 aliphatic rings. The molecule has 1 heterocycles. The Morgan fingerprint density at radius 2 is 2.16 bits per heavy atom. The molecule has 162 valence electrons. The number of carbonyl (C=O) groups excluding carboxylic acids is 1. The number of amides is 1. The largest absolute Gasteiger partial charge is 0.398 e. The quantitative estimate of drug-likeness (QED) is 0.134. The zero-order valence-corrected chi connectivity index (χ0v) is 18.6. The van der Waals surface area contributed by atoms with E-state index in [0.29, 0.717) is 48.2 Å². The van der Waals surface area contributed by atoms with Gasteiger partial charge in [-0.1, -0.05) is 23.7 Å². The maximum absolute atomic E-state index is 15.7. The summed E-state index contributed by atoms with van der Waals surface area (Å²) in [5.74, 6) is -0.545. The van der Waals surface area contributed by atoms with Crippen LogP contribution in [-0.4, -0.2) is 36.6 Å². The van der Waals surface area contributed by atoms with Crippen molar-refractivity contribution in [2.24, 2.45) is 0 Å². The maximum atomic E-state index is 15.7. The molecule has 0 atom stereocenters. The van der Waals surface area contributed by atoms with Gasteiger partial charge in [-0.15, -0.1) is 6.58 Å². The Kier molecular flexibility index (Phi) is 7.25. The summed E-state index contributed by atoms with van der Waals surface area (Å²) in [6, 6.07) is 5.18. The summed E-state index contributed by atoms with van der Waals surface area (Å²) in [5, 5.41) is 12.0. The molecule has 31 heavy (non-hydrogen) atoms. The molecule has 6 nitrogen and oxygen atoms in total. The first kappa shape index (κ1) is 22.7. The van der Waals surface area contributed by atoms with Crippen LogP contribution in [-0.2, 0) is 4.79 Å². The van der Waals surface area contributed by atoms with Crippen LogP contribution in [0, 0.1) is 18.2 Å². The summed E-state index contributed by atoms with van der Waals surface area (Å²) >= 11 is 7.77. The second kappa shape index (κ2) is 9.89. The fourth-order valence-electron chi connectivity index (χ4n) is 3.51. The number of halogens is 2. The second-order valence-corrected chi connectivity index (χ2v) is 8.13. The molecule has 0 saturated heterocycles. The van der Waals surface area contributed by atoms with Crippen LogP contribution in [0.3, 0.4) is 0 Å². The second-order valence-electron chi connectivity index (χ2n) is 6.97. The number of hydrogen-bond acceptors (Lipinski definition) is 6. The zero-order valence-electron chi connectivity index (χ0n) is 17.0. The van der Waals surface area contributed by atoms with E-state index >= 15 is 4.39 Å². The fraction of sp³-hybridized carbons (Fsp3) is 0.227. The van der Waals surface area contributed by atoms with Gasteiger partial charge < -0.3 is 21.4 Å². The lowest BCUT2D eigenvalue weighted by atomic mass is 9.93. The van der Waals surface area contributed by atoms with E-state index in [4.69, 9.17) is 22.7 Å². The minimum atomic E-state index is -0.545. The number of nitrogen functional groups attached to an aromatic ring is 1. The van der Waals surface area contributed by atoms with Crippen molar-refractivity contribution in [3.05, 3.63) is 52.8 Å². The van der Waals surface area contributed by atoms with Gasteiger partial charge in [0.2, 0.25) is 6.41 Å². The third-order valence-electron chi connectivity index (χ3n) is 5.03. The number of hydrogen-bond donors (Lipinski definition) is 3. The molecule has 0 saturated carbocycles. The van der Waals surface area contributed by atoms with Crippen molar-refractivity contribution in [1.82, 2.24) is 9.69 Å². The Morgan fingerprint density at radius 1 is 1.39 bits per heavy atom. The lowest BCUT2D eigenvalue weighted by Gasteiger charge is -2.22. The number of nitrogens with one attached hydrogen (secondary N) is 2. The van der Waals surface area contributed by atoms with Crippen molar-refractivity contribution in [3.63, 3.8) is 0 Å². The minimum Gasteiger partial charge on any atom is -0.398 e. The average Bonchev–Trinajstić information content (AvgIpc) is 3.17. The molecule has 0 radical (unpaired) electrons. The Balaban J connectivity index is 2.17. The predicted molar refractivity (Wildman–Crippen MR) is 128 cm³/mol. The van der Waals surface area contributed by atoms with Crippen LogP contribution in [0.1, 0.15) is 17.5 Å². The van der Waals surface area contributed by atoms with Crippen LogP contribution in [0.4, 0.5) is 15.1 Å². The van der Waals surface area contributed by atoms with Crippen molar-refractivity contribution in [2.75, 3.05) is 30.3 Å². The van der Waals surface area contributed by atoms with Gasteiger partial charge >= 0.3 is 0 Å². The van der Waals surface area contributed by atoms with Gasteiger partial charge in [0.1, 0.15) is 10.5 Å². The van der Waals surface area contributed by atoms with E-state index < -0.39 is 5.82 Å². The molecule has 0 spiro atoms. The summed E-state index contributed by atoms with van der Waals surface area (Å²) in [6.45, 7) is 7.21. The molecular weight excluding hydrogens is 437 g/mol. The van der Waals surface area contributed by atoms with E-state index in [2.05, 4.69) is 16.3 Å². The number of nitrogens with two attached hydrogens (primary N) is 1. The van der Waals surface area contributed by atoms with Gasteiger partial charge in [-0.05, 0) is 48.1 Å². The molecule has 4 N–H and O–H groups in total. The Labute approximate surface area is 189 Å². The van der Waals surface area contributed by atoms with Crippen molar-refractivity contribution < 1.29 is 9.18 Å². The Bertz CT molecular complexity index is 1150. The zero-order chi connectivity index (χ0) is 22.5. The molecule has 3 aromatic rings. The average molecular weight is 460 g/mol. The van der Waals surface area contributed by atoms with Crippen molar-refractivity contribution in [2.45, 2.75) is 13.3 Å². The lowest BCUT2D eigenvalue weighted by Crippen LogP contribution is -2.31. The molecule has 3 rings (SSSR count).